The molecule has 0 saturated carbocycles. The van der Waals surface area contributed by atoms with Crippen molar-refractivity contribution in [2.75, 3.05) is 5.32 Å². The van der Waals surface area contributed by atoms with E-state index in [2.05, 4.69) is 20.8 Å². The van der Waals surface area contributed by atoms with Crippen LogP contribution in [0.15, 0.2) is 91.4 Å². The van der Waals surface area contributed by atoms with Crippen LogP contribution in [0, 0.1) is 0 Å². The van der Waals surface area contributed by atoms with E-state index in [-0.39, 0.29) is 12.3 Å². The Morgan fingerprint density at radius 3 is 2.45 bits per heavy atom. The minimum absolute atomic E-state index is 0.153. The quantitative estimate of drug-likeness (QED) is 0.411. The van der Waals surface area contributed by atoms with E-state index < -0.39 is 0 Å². The van der Waals surface area contributed by atoms with E-state index in [0.717, 1.165) is 28.2 Å². The third kappa shape index (κ3) is 4.65. The summed E-state index contributed by atoms with van der Waals surface area (Å²) in [7, 11) is 0. The summed E-state index contributed by atoms with van der Waals surface area (Å²) >= 11 is 6.06. The third-order valence-corrected chi connectivity index (χ3v) is 5.27. The first-order chi connectivity index (χ1) is 16.2. The van der Waals surface area contributed by atoms with Gasteiger partial charge in [0.1, 0.15) is 6.33 Å². The van der Waals surface area contributed by atoms with E-state index in [1.54, 1.807) is 4.68 Å². The molecule has 0 spiro atoms. The standard InChI is InChI=1S/C24H18ClN7O/c25-19-11-9-17(10-12-19)24-18(15-31(28-24)21-6-2-1-3-7-21)13-23(33)27-20-5-4-8-22(14-20)32-16-26-29-30-32/h1-12,14-16H,13H2,(H,27,33). The molecule has 2 aromatic heterocycles. The lowest BCUT2D eigenvalue weighted by molar-refractivity contribution is -0.115. The second kappa shape index (κ2) is 9.05. The number of para-hydroxylation sites is 1. The van der Waals surface area contributed by atoms with Crippen molar-refractivity contribution in [3.8, 4) is 22.6 Å². The van der Waals surface area contributed by atoms with Gasteiger partial charge in [0.25, 0.3) is 0 Å². The van der Waals surface area contributed by atoms with Gasteiger partial charge in [-0.2, -0.15) is 5.10 Å². The van der Waals surface area contributed by atoms with Crippen LogP contribution in [0.2, 0.25) is 5.02 Å². The van der Waals surface area contributed by atoms with Crippen LogP contribution < -0.4 is 5.32 Å². The fourth-order valence-corrected chi connectivity index (χ4v) is 3.61. The number of carbonyl (C=O) groups is 1. The van der Waals surface area contributed by atoms with E-state index in [1.807, 2.05) is 85.1 Å². The molecule has 1 amide bonds. The average Bonchev–Trinajstić information content (AvgIpc) is 3.51. The lowest BCUT2D eigenvalue weighted by atomic mass is 10.1. The second-order valence-corrected chi connectivity index (χ2v) is 7.76. The predicted molar refractivity (Wildman–Crippen MR) is 125 cm³/mol. The van der Waals surface area contributed by atoms with Crippen molar-refractivity contribution in [1.82, 2.24) is 30.0 Å². The Labute approximate surface area is 194 Å². The summed E-state index contributed by atoms with van der Waals surface area (Å²) in [5.41, 5.74) is 4.72. The minimum atomic E-state index is -0.160. The monoisotopic (exact) mass is 455 g/mol. The first-order valence-electron chi connectivity index (χ1n) is 10.2. The Morgan fingerprint density at radius 1 is 0.909 bits per heavy atom. The largest absolute Gasteiger partial charge is 0.326 e. The summed E-state index contributed by atoms with van der Waals surface area (Å²) in [4.78, 5) is 12.9. The number of benzene rings is 3. The molecule has 9 heteroatoms. The van der Waals surface area contributed by atoms with Gasteiger partial charge in [-0.05, 0) is 52.9 Å². The molecule has 0 atom stereocenters. The summed E-state index contributed by atoms with van der Waals surface area (Å²) in [5, 5.41) is 19.5. The molecule has 0 fully saturated rings. The number of tetrazole rings is 1. The number of nitrogens with one attached hydrogen (secondary N) is 1. The van der Waals surface area contributed by atoms with Gasteiger partial charge in [-0.3, -0.25) is 4.79 Å². The van der Waals surface area contributed by atoms with E-state index in [4.69, 9.17) is 16.7 Å². The van der Waals surface area contributed by atoms with Crippen molar-refractivity contribution in [2.24, 2.45) is 0 Å². The molecule has 0 bridgehead atoms. The van der Waals surface area contributed by atoms with E-state index >= 15 is 0 Å². The molecular formula is C24H18ClN7O. The van der Waals surface area contributed by atoms with Crippen LogP contribution in [0.25, 0.3) is 22.6 Å². The molecule has 1 N–H and O–H groups in total. The Hall–Kier alpha value is -4.30. The van der Waals surface area contributed by atoms with Gasteiger partial charge in [-0.15, -0.1) is 5.10 Å². The molecule has 0 unspecified atom stereocenters. The van der Waals surface area contributed by atoms with Crippen molar-refractivity contribution < 1.29 is 4.79 Å². The molecule has 162 valence electrons. The van der Waals surface area contributed by atoms with Gasteiger partial charge in [0.15, 0.2) is 0 Å². The van der Waals surface area contributed by atoms with Gasteiger partial charge in [0, 0.05) is 28.0 Å². The molecule has 0 aliphatic carbocycles. The molecule has 5 aromatic rings. The summed E-state index contributed by atoms with van der Waals surface area (Å²) < 4.78 is 3.31. The zero-order valence-electron chi connectivity index (χ0n) is 17.3. The number of hydrogen-bond acceptors (Lipinski definition) is 5. The first-order valence-corrected chi connectivity index (χ1v) is 10.6. The number of nitrogens with zero attached hydrogens (tertiary/aromatic N) is 6. The number of rotatable bonds is 6. The van der Waals surface area contributed by atoms with Crippen molar-refractivity contribution in [3.05, 3.63) is 102 Å². The highest BCUT2D eigenvalue weighted by atomic mass is 35.5. The van der Waals surface area contributed by atoms with Gasteiger partial charge in [-0.1, -0.05) is 48.0 Å². The molecule has 0 aliphatic rings. The number of halogens is 1. The summed E-state index contributed by atoms with van der Waals surface area (Å²) in [6.45, 7) is 0. The van der Waals surface area contributed by atoms with Crippen molar-refractivity contribution in [1.29, 1.82) is 0 Å². The summed E-state index contributed by atoms with van der Waals surface area (Å²) in [6.07, 6.45) is 3.54. The number of aromatic nitrogens is 6. The van der Waals surface area contributed by atoms with Crippen molar-refractivity contribution in [2.45, 2.75) is 6.42 Å². The highest BCUT2D eigenvalue weighted by Crippen LogP contribution is 2.26. The number of anilines is 1. The zero-order valence-corrected chi connectivity index (χ0v) is 18.1. The zero-order chi connectivity index (χ0) is 22.6. The van der Waals surface area contributed by atoms with Crippen LogP contribution in [-0.2, 0) is 11.2 Å². The van der Waals surface area contributed by atoms with Crippen molar-refractivity contribution >= 4 is 23.2 Å². The third-order valence-electron chi connectivity index (χ3n) is 5.02. The van der Waals surface area contributed by atoms with E-state index in [9.17, 15) is 4.79 Å². The van der Waals surface area contributed by atoms with Gasteiger partial charge in [0.05, 0.1) is 23.5 Å². The van der Waals surface area contributed by atoms with E-state index in [1.165, 1.54) is 11.0 Å². The highest BCUT2D eigenvalue weighted by molar-refractivity contribution is 6.30. The van der Waals surface area contributed by atoms with Crippen LogP contribution in [0.1, 0.15) is 5.56 Å². The van der Waals surface area contributed by atoms with Gasteiger partial charge in [-0.25, -0.2) is 9.36 Å². The maximum atomic E-state index is 12.9. The number of carbonyl (C=O) groups excluding carboxylic acids is 1. The lowest BCUT2D eigenvalue weighted by Crippen LogP contribution is -2.14. The topological polar surface area (TPSA) is 90.5 Å². The Morgan fingerprint density at radius 2 is 1.70 bits per heavy atom. The Kier molecular flexibility index (Phi) is 5.65. The maximum Gasteiger partial charge on any atom is 0.228 e. The van der Waals surface area contributed by atoms with Crippen LogP contribution in [-0.4, -0.2) is 35.9 Å². The lowest BCUT2D eigenvalue weighted by Gasteiger charge is -2.07. The van der Waals surface area contributed by atoms with Gasteiger partial charge < -0.3 is 5.32 Å². The molecule has 8 nitrogen and oxygen atoms in total. The fraction of sp³-hybridized carbons (Fsp3) is 0.0417. The fourth-order valence-electron chi connectivity index (χ4n) is 3.49. The summed E-state index contributed by atoms with van der Waals surface area (Å²) in [5.74, 6) is -0.160. The normalized spacial score (nSPS) is 10.8. The first kappa shape index (κ1) is 20.6. The molecular weight excluding hydrogens is 438 g/mol. The molecule has 0 aliphatic heterocycles. The van der Waals surface area contributed by atoms with Crippen LogP contribution in [0.3, 0.4) is 0 Å². The SMILES string of the molecule is O=C(Cc1cn(-c2ccccc2)nc1-c1ccc(Cl)cc1)Nc1cccc(-n2cnnn2)c1. The Bertz CT molecular complexity index is 1380. The summed E-state index contributed by atoms with van der Waals surface area (Å²) in [6, 6.07) is 24.5. The number of hydrogen-bond donors (Lipinski definition) is 1. The van der Waals surface area contributed by atoms with Gasteiger partial charge >= 0.3 is 0 Å². The van der Waals surface area contributed by atoms with E-state index in [0.29, 0.717) is 10.7 Å². The van der Waals surface area contributed by atoms with Crippen LogP contribution in [0.5, 0.6) is 0 Å². The Balaban J connectivity index is 1.42. The molecule has 0 saturated heterocycles. The number of amides is 1. The second-order valence-electron chi connectivity index (χ2n) is 7.32. The maximum absolute atomic E-state index is 12.9. The molecule has 3 aromatic carbocycles. The molecule has 5 rings (SSSR count). The minimum Gasteiger partial charge on any atom is -0.326 e. The highest BCUT2D eigenvalue weighted by Gasteiger charge is 2.16. The smallest absolute Gasteiger partial charge is 0.228 e. The predicted octanol–water partition coefficient (Wildman–Crippen LogP) is 4.35. The van der Waals surface area contributed by atoms with Crippen molar-refractivity contribution in [3.63, 3.8) is 0 Å². The molecule has 2 heterocycles. The molecule has 0 radical (unpaired) electrons. The average molecular weight is 456 g/mol. The molecule has 33 heavy (non-hydrogen) atoms. The van der Waals surface area contributed by atoms with Crippen LogP contribution >= 0.6 is 11.6 Å². The van der Waals surface area contributed by atoms with Gasteiger partial charge in [0.2, 0.25) is 5.91 Å². The van der Waals surface area contributed by atoms with Crippen LogP contribution in [0.4, 0.5) is 5.69 Å².